The molecule has 0 aromatic heterocycles. The van der Waals surface area contributed by atoms with Crippen molar-refractivity contribution in [3.63, 3.8) is 0 Å². The first kappa shape index (κ1) is 17.4. The molecule has 0 bridgehead atoms. The summed E-state index contributed by atoms with van der Waals surface area (Å²) in [6, 6.07) is 13.5. The fourth-order valence-corrected chi connectivity index (χ4v) is 2.54. The lowest BCUT2D eigenvalue weighted by atomic mass is 10.2. The van der Waals surface area contributed by atoms with Crippen molar-refractivity contribution in [1.82, 2.24) is 5.32 Å². The summed E-state index contributed by atoms with van der Waals surface area (Å²) in [5, 5.41) is 5.76. The first-order valence-corrected chi connectivity index (χ1v) is 8.62. The molecule has 0 radical (unpaired) electrons. The molecule has 23 heavy (non-hydrogen) atoms. The van der Waals surface area contributed by atoms with Gasteiger partial charge in [0.2, 0.25) is 5.91 Å². The zero-order chi connectivity index (χ0) is 16.8. The van der Waals surface area contributed by atoms with Gasteiger partial charge in [0, 0.05) is 10.6 Å². The lowest BCUT2D eigenvalue weighted by Gasteiger charge is -2.15. The van der Waals surface area contributed by atoms with Gasteiger partial charge in [-0.3, -0.25) is 9.59 Å². The summed E-state index contributed by atoms with van der Waals surface area (Å²) in [6.45, 7) is 1.63. The Morgan fingerprint density at radius 2 is 1.74 bits per heavy atom. The molecule has 0 saturated heterocycles. The van der Waals surface area contributed by atoms with Crippen molar-refractivity contribution in [2.45, 2.75) is 17.9 Å². The molecular weight excluding hydrogens is 332 g/mol. The number of benzene rings is 2. The number of rotatable bonds is 5. The first-order valence-electron chi connectivity index (χ1n) is 7.01. The van der Waals surface area contributed by atoms with Crippen LogP contribution in [0.4, 0.5) is 5.69 Å². The minimum absolute atomic E-state index is 0.290. The standard InChI is InChI=1S/C17H17ClN2O2S/c1-11(19-17(22)14-5-3-4-6-15(14)18)16(21)20-12-7-9-13(23-2)10-8-12/h3-11H,1-2H3,(H,19,22)(H,20,21)/t11-/m0/s1. The van der Waals surface area contributed by atoms with Crippen molar-refractivity contribution in [2.75, 3.05) is 11.6 Å². The van der Waals surface area contributed by atoms with E-state index < -0.39 is 6.04 Å². The summed E-state index contributed by atoms with van der Waals surface area (Å²) >= 11 is 7.60. The number of halogens is 1. The van der Waals surface area contributed by atoms with Crippen molar-refractivity contribution < 1.29 is 9.59 Å². The van der Waals surface area contributed by atoms with Crippen LogP contribution in [0.1, 0.15) is 17.3 Å². The van der Waals surface area contributed by atoms with E-state index >= 15 is 0 Å². The number of thioether (sulfide) groups is 1. The van der Waals surface area contributed by atoms with E-state index in [1.807, 2.05) is 30.5 Å². The monoisotopic (exact) mass is 348 g/mol. The predicted octanol–water partition coefficient (Wildman–Crippen LogP) is 3.82. The number of hydrogen-bond donors (Lipinski definition) is 2. The van der Waals surface area contributed by atoms with Crippen LogP contribution >= 0.6 is 23.4 Å². The molecule has 2 rings (SSSR count). The smallest absolute Gasteiger partial charge is 0.253 e. The van der Waals surface area contributed by atoms with Crippen molar-refractivity contribution in [1.29, 1.82) is 0 Å². The lowest BCUT2D eigenvalue weighted by molar-refractivity contribution is -0.117. The summed E-state index contributed by atoms with van der Waals surface area (Å²) in [6.07, 6.45) is 1.99. The van der Waals surface area contributed by atoms with E-state index in [1.54, 1.807) is 43.0 Å². The quantitative estimate of drug-likeness (QED) is 0.807. The van der Waals surface area contributed by atoms with E-state index in [4.69, 9.17) is 11.6 Å². The highest BCUT2D eigenvalue weighted by Gasteiger charge is 2.18. The molecule has 0 unspecified atom stereocenters. The second-order valence-electron chi connectivity index (χ2n) is 4.89. The van der Waals surface area contributed by atoms with Crippen molar-refractivity contribution in [2.24, 2.45) is 0 Å². The van der Waals surface area contributed by atoms with Crippen molar-refractivity contribution >= 4 is 40.9 Å². The fourth-order valence-electron chi connectivity index (χ4n) is 1.91. The van der Waals surface area contributed by atoms with Crippen LogP contribution in [0.3, 0.4) is 0 Å². The molecule has 4 nitrogen and oxygen atoms in total. The Bertz CT molecular complexity index is 704. The van der Waals surface area contributed by atoms with E-state index in [2.05, 4.69) is 10.6 Å². The maximum absolute atomic E-state index is 12.2. The minimum atomic E-state index is -0.681. The molecule has 0 spiro atoms. The van der Waals surface area contributed by atoms with E-state index in [1.165, 1.54) is 0 Å². The van der Waals surface area contributed by atoms with Gasteiger partial charge in [-0.15, -0.1) is 11.8 Å². The molecule has 0 heterocycles. The molecule has 2 aromatic rings. The van der Waals surface area contributed by atoms with Crippen LogP contribution in [0.2, 0.25) is 5.02 Å². The molecule has 0 fully saturated rings. The van der Waals surface area contributed by atoms with Crippen LogP contribution < -0.4 is 10.6 Å². The Labute approximate surface area is 144 Å². The van der Waals surface area contributed by atoms with Crippen molar-refractivity contribution in [3.8, 4) is 0 Å². The number of carbonyl (C=O) groups is 2. The van der Waals surface area contributed by atoms with Crippen LogP contribution in [-0.4, -0.2) is 24.1 Å². The molecule has 120 valence electrons. The summed E-state index contributed by atoms with van der Waals surface area (Å²) in [7, 11) is 0. The fraction of sp³-hybridized carbons (Fsp3) is 0.176. The normalized spacial score (nSPS) is 11.6. The highest BCUT2D eigenvalue weighted by Crippen LogP contribution is 2.18. The zero-order valence-corrected chi connectivity index (χ0v) is 14.4. The minimum Gasteiger partial charge on any atom is -0.340 e. The molecule has 0 saturated carbocycles. The number of anilines is 1. The molecule has 2 aromatic carbocycles. The maximum atomic E-state index is 12.2. The van der Waals surface area contributed by atoms with Crippen LogP contribution in [0.5, 0.6) is 0 Å². The van der Waals surface area contributed by atoms with E-state index in [0.717, 1.165) is 4.90 Å². The number of carbonyl (C=O) groups excluding carboxylic acids is 2. The van der Waals surface area contributed by atoms with Gasteiger partial charge in [0.1, 0.15) is 6.04 Å². The van der Waals surface area contributed by atoms with Gasteiger partial charge in [-0.05, 0) is 49.6 Å². The summed E-state index contributed by atoms with van der Waals surface area (Å²) in [5.41, 5.74) is 1.03. The first-order chi connectivity index (χ1) is 11.0. The molecule has 2 N–H and O–H groups in total. The molecular formula is C17H17ClN2O2S. The highest BCUT2D eigenvalue weighted by molar-refractivity contribution is 7.98. The Morgan fingerprint density at radius 3 is 2.35 bits per heavy atom. The van der Waals surface area contributed by atoms with Crippen LogP contribution in [-0.2, 0) is 4.79 Å². The number of amides is 2. The molecule has 6 heteroatoms. The zero-order valence-electron chi connectivity index (χ0n) is 12.8. The van der Waals surface area contributed by atoms with Crippen molar-refractivity contribution in [3.05, 3.63) is 59.1 Å². The number of hydrogen-bond acceptors (Lipinski definition) is 3. The SMILES string of the molecule is CSc1ccc(NC(=O)[C@H](C)NC(=O)c2ccccc2Cl)cc1. The Morgan fingerprint density at radius 1 is 1.09 bits per heavy atom. The van der Waals surface area contributed by atoms with Gasteiger partial charge in [-0.2, -0.15) is 0 Å². The van der Waals surface area contributed by atoms with Gasteiger partial charge in [-0.25, -0.2) is 0 Å². The molecule has 0 aliphatic carbocycles. The van der Waals surface area contributed by atoms with Gasteiger partial charge in [0.05, 0.1) is 10.6 Å². The maximum Gasteiger partial charge on any atom is 0.253 e. The summed E-state index contributed by atoms with van der Waals surface area (Å²) < 4.78 is 0. The topological polar surface area (TPSA) is 58.2 Å². The van der Waals surface area contributed by atoms with E-state index in [9.17, 15) is 9.59 Å². The van der Waals surface area contributed by atoms with E-state index in [-0.39, 0.29) is 11.8 Å². The highest BCUT2D eigenvalue weighted by atomic mass is 35.5. The third-order valence-corrected chi connectivity index (χ3v) is 4.29. The molecule has 0 aliphatic rings. The Hall–Kier alpha value is -1.98. The van der Waals surface area contributed by atoms with E-state index in [0.29, 0.717) is 16.3 Å². The second kappa shape index (κ2) is 8.04. The summed E-state index contributed by atoms with van der Waals surface area (Å²) in [4.78, 5) is 25.4. The molecule has 2 amide bonds. The largest absolute Gasteiger partial charge is 0.340 e. The van der Waals surface area contributed by atoms with Crippen LogP contribution in [0.15, 0.2) is 53.4 Å². The third kappa shape index (κ3) is 4.74. The summed E-state index contributed by atoms with van der Waals surface area (Å²) in [5.74, 6) is -0.668. The van der Waals surface area contributed by atoms with Gasteiger partial charge in [0.15, 0.2) is 0 Å². The average molecular weight is 349 g/mol. The van der Waals surface area contributed by atoms with Gasteiger partial charge >= 0.3 is 0 Å². The lowest BCUT2D eigenvalue weighted by Crippen LogP contribution is -2.41. The van der Waals surface area contributed by atoms with Crippen LogP contribution in [0, 0.1) is 0 Å². The number of nitrogens with one attached hydrogen (secondary N) is 2. The van der Waals surface area contributed by atoms with Gasteiger partial charge in [-0.1, -0.05) is 23.7 Å². The molecule has 0 aliphatic heterocycles. The Balaban J connectivity index is 1.96. The van der Waals surface area contributed by atoms with Gasteiger partial charge < -0.3 is 10.6 Å². The molecule has 1 atom stereocenters. The predicted molar refractivity (Wildman–Crippen MR) is 95.2 cm³/mol. The third-order valence-electron chi connectivity index (χ3n) is 3.22. The van der Waals surface area contributed by atoms with Gasteiger partial charge in [0.25, 0.3) is 5.91 Å². The Kier molecular flexibility index (Phi) is 6.07. The van der Waals surface area contributed by atoms with Crippen LogP contribution in [0.25, 0.3) is 0 Å². The average Bonchev–Trinajstić information content (AvgIpc) is 2.55. The second-order valence-corrected chi connectivity index (χ2v) is 6.18.